The van der Waals surface area contributed by atoms with E-state index in [-0.39, 0.29) is 5.78 Å². The summed E-state index contributed by atoms with van der Waals surface area (Å²) in [5.74, 6) is 0.0952. The zero-order valence-electron chi connectivity index (χ0n) is 23.4. The van der Waals surface area contributed by atoms with Crippen LogP contribution in [0.4, 0.5) is 5.69 Å². The lowest BCUT2D eigenvalue weighted by Crippen LogP contribution is -2.36. The molecule has 0 atom stereocenters. The lowest BCUT2D eigenvalue weighted by Gasteiger charge is -2.21. The Labute approximate surface area is 264 Å². The zero-order valence-corrected chi connectivity index (χ0v) is 24.9. The molecule has 1 fully saturated rings. The van der Waals surface area contributed by atoms with Gasteiger partial charge < -0.3 is 5.43 Å². The fourth-order valence-electron chi connectivity index (χ4n) is 5.38. The second-order valence-corrected chi connectivity index (χ2v) is 11.4. The lowest BCUT2D eigenvalue weighted by molar-refractivity contribution is -0.111. The summed E-state index contributed by atoms with van der Waals surface area (Å²) in [5, 5.41) is 11.7. The van der Waals surface area contributed by atoms with E-state index in [0.29, 0.717) is 16.5 Å². The highest BCUT2D eigenvalue weighted by atomic mass is 35.5. The van der Waals surface area contributed by atoms with E-state index < -0.39 is 0 Å². The van der Waals surface area contributed by atoms with Crippen LogP contribution in [0.25, 0.3) is 34.8 Å². The van der Waals surface area contributed by atoms with Crippen molar-refractivity contribution in [3.63, 3.8) is 0 Å². The van der Waals surface area contributed by atoms with Crippen LogP contribution in [0.15, 0.2) is 121 Å². The van der Waals surface area contributed by atoms with Crippen LogP contribution in [0.2, 0.25) is 10.0 Å². The van der Waals surface area contributed by atoms with E-state index in [4.69, 9.17) is 23.2 Å². The predicted octanol–water partition coefficient (Wildman–Crippen LogP) is 7.90. The molecular weight excluding hydrogens is 591 g/mol. The first kappa shape index (κ1) is 27.9. The Morgan fingerprint density at radius 1 is 0.682 bits per heavy atom. The molecule has 7 nitrogen and oxygen atoms in total. The predicted molar refractivity (Wildman–Crippen MR) is 177 cm³/mol. The molecule has 5 aromatic rings. The third-order valence-electron chi connectivity index (χ3n) is 7.67. The van der Waals surface area contributed by atoms with Crippen molar-refractivity contribution in [2.45, 2.75) is 12.8 Å². The average Bonchev–Trinajstić information content (AvgIpc) is 3.81. The van der Waals surface area contributed by atoms with E-state index in [1.165, 1.54) is 0 Å². The number of hydrogen-bond donors (Lipinski definition) is 2. The van der Waals surface area contributed by atoms with Gasteiger partial charge in [0.05, 0.1) is 29.0 Å². The smallest absolute Gasteiger partial charge is 0.185 e. The first-order valence-corrected chi connectivity index (χ1v) is 14.9. The standard InChI is InChI=1S/C35H26Cl2N6O/c36-29-11-7-25(8-12-29)33-21-38-40-42(33)31-15-1-23(2-16-31)19-27-5-6-28(35(27)44)20-24-3-17-32(18-4-24)43-34(22-39-41-43)26-9-13-30(37)14-10-26/h1-4,7-22,38,40H,5-6H2/b27-19+,28-20-. The third kappa shape index (κ3) is 5.68. The molecule has 216 valence electrons. The fourth-order valence-corrected chi connectivity index (χ4v) is 5.63. The molecule has 0 unspecified atom stereocenters. The van der Waals surface area contributed by atoms with Crippen LogP contribution in [0, 0.1) is 0 Å². The number of benzene rings is 4. The molecule has 2 heterocycles. The minimum atomic E-state index is 0.0952. The topological polar surface area (TPSA) is 75.1 Å². The van der Waals surface area contributed by atoms with Gasteiger partial charge in [0.2, 0.25) is 0 Å². The molecule has 2 N–H and O–H groups in total. The normalized spacial score (nSPS) is 16.5. The maximum Gasteiger partial charge on any atom is 0.185 e. The molecule has 0 amide bonds. The van der Waals surface area contributed by atoms with Gasteiger partial charge in [-0.15, -0.1) is 10.6 Å². The van der Waals surface area contributed by atoms with Crippen molar-refractivity contribution in [3.8, 4) is 16.9 Å². The van der Waals surface area contributed by atoms with Gasteiger partial charge in [-0.1, -0.05) is 76.9 Å². The third-order valence-corrected chi connectivity index (χ3v) is 8.18. The summed E-state index contributed by atoms with van der Waals surface area (Å²) >= 11 is 12.1. The highest BCUT2D eigenvalue weighted by molar-refractivity contribution is 6.30. The van der Waals surface area contributed by atoms with Gasteiger partial charge in [0, 0.05) is 38.5 Å². The van der Waals surface area contributed by atoms with Crippen LogP contribution in [0.1, 0.15) is 29.5 Å². The Bertz CT molecular complexity index is 1920. The lowest BCUT2D eigenvalue weighted by atomic mass is 10.1. The van der Waals surface area contributed by atoms with Gasteiger partial charge in [0.15, 0.2) is 5.78 Å². The summed E-state index contributed by atoms with van der Waals surface area (Å²) < 4.78 is 1.79. The number of halogens is 2. The van der Waals surface area contributed by atoms with Gasteiger partial charge in [0.25, 0.3) is 0 Å². The molecular formula is C35H26Cl2N6O. The number of anilines is 1. The first-order valence-electron chi connectivity index (χ1n) is 14.1. The average molecular weight is 618 g/mol. The summed E-state index contributed by atoms with van der Waals surface area (Å²) in [6, 6.07) is 31.4. The Balaban J connectivity index is 1.04. The largest absolute Gasteiger partial charge is 0.309 e. The molecule has 0 saturated heterocycles. The van der Waals surface area contributed by atoms with Gasteiger partial charge in [-0.3, -0.25) is 9.80 Å². The van der Waals surface area contributed by atoms with E-state index in [2.05, 4.69) is 21.3 Å². The van der Waals surface area contributed by atoms with E-state index in [1.54, 1.807) is 10.9 Å². The monoisotopic (exact) mass is 616 g/mol. The van der Waals surface area contributed by atoms with E-state index >= 15 is 0 Å². The van der Waals surface area contributed by atoms with E-state index in [1.807, 2.05) is 120 Å². The maximum atomic E-state index is 13.3. The molecule has 0 spiro atoms. The minimum Gasteiger partial charge on any atom is -0.309 e. The van der Waals surface area contributed by atoms with Crippen LogP contribution in [0.3, 0.4) is 0 Å². The number of allylic oxidation sites excluding steroid dienone is 2. The number of carbonyl (C=O) groups excluding carboxylic acids is 1. The van der Waals surface area contributed by atoms with E-state index in [9.17, 15) is 4.79 Å². The maximum absolute atomic E-state index is 13.3. The first-order chi connectivity index (χ1) is 21.5. The Kier molecular flexibility index (Phi) is 7.58. The van der Waals surface area contributed by atoms with Gasteiger partial charge in [0.1, 0.15) is 0 Å². The quantitative estimate of drug-likeness (QED) is 0.189. The number of nitrogens with one attached hydrogen (secondary N) is 2. The highest BCUT2D eigenvalue weighted by Gasteiger charge is 2.23. The van der Waals surface area contributed by atoms with Crippen LogP contribution in [0.5, 0.6) is 0 Å². The highest BCUT2D eigenvalue weighted by Crippen LogP contribution is 2.32. The number of aromatic nitrogens is 3. The molecule has 4 aromatic carbocycles. The molecule has 44 heavy (non-hydrogen) atoms. The van der Waals surface area contributed by atoms with E-state index in [0.717, 1.165) is 62.6 Å². The molecule has 0 radical (unpaired) electrons. The van der Waals surface area contributed by atoms with Gasteiger partial charge >= 0.3 is 0 Å². The molecule has 1 aliphatic heterocycles. The molecule has 2 aliphatic rings. The van der Waals surface area contributed by atoms with Crippen LogP contribution in [-0.2, 0) is 4.79 Å². The number of ketones is 1. The number of carbonyl (C=O) groups is 1. The summed E-state index contributed by atoms with van der Waals surface area (Å²) in [6.45, 7) is 0. The number of nitrogens with zero attached hydrogens (tertiary/aromatic N) is 4. The zero-order chi connectivity index (χ0) is 30.0. The molecule has 0 bridgehead atoms. The molecule has 7 rings (SSSR count). The summed E-state index contributed by atoms with van der Waals surface area (Å²) in [5.41, 5.74) is 15.5. The number of hydrogen-bond acceptors (Lipinski definition) is 6. The number of rotatable bonds is 6. The summed E-state index contributed by atoms with van der Waals surface area (Å²) in [4.78, 5) is 13.3. The summed E-state index contributed by atoms with van der Waals surface area (Å²) in [7, 11) is 0. The molecule has 1 aromatic heterocycles. The van der Waals surface area contributed by atoms with Crippen molar-refractivity contribution in [1.82, 2.24) is 26.0 Å². The SMILES string of the molecule is O=C1/C(=C\c2ccc(-n3nncc3-c3ccc(Cl)cc3)cc2)CC/C1=C\c1ccc(N2NNC=C2c2ccc(Cl)cc2)cc1. The number of Topliss-reactive ketones (excluding diaryl/α,β-unsaturated/α-hetero) is 1. The second-order valence-electron chi connectivity index (χ2n) is 10.5. The van der Waals surface area contributed by atoms with Crippen molar-refractivity contribution in [2.75, 3.05) is 5.01 Å². The second kappa shape index (κ2) is 12.0. The van der Waals surface area contributed by atoms with Crippen molar-refractivity contribution in [3.05, 3.63) is 147 Å². The molecule has 1 saturated carbocycles. The fraction of sp³-hybridized carbons (Fsp3) is 0.0571. The Hall–Kier alpha value is -4.95. The minimum absolute atomic E-state index is 0.0952. The van der Waals surface area contributed by atoms with Crippen molar-refractivity contribution >= 4 is 52.5 Å². The Morgan fingerprint density at radius 3 is 1.82 bits per heavy atom. The van der Waals surface area contributed by atoms with Crippen molar-refractivity contribution in [2.24, 2.45) is 0 Å². The van der Waals surface area contributed by atoms with Crippen molar-refractivity contribution in [1.29, 1.82) is 0 Å². The van der Waals surface area contributed by atoms with Gasteiger partial charge in [-0.2, -0.15) is 0 Å². The van der Waals surface area contributed by atoms with Crippen LogP contribution < -0.4 is 16.0 Å². The van der Waals surface area contributed by atoms with Crippen molar-refractivity contribution < 1.29 is 4.79 Å². The van der Waals surface area contributed by atoms with Crippen LogP contribution >= 0.6 is 23.2 Å². The van der Waals surface area contributed by atoms with Gasteiger partial charge in [-0.25, -0.2) is 4.68 Å². The van der Waals surface area contributed by atoms with Gasteiger partial charge in [-0.05, 0) is 84.7 Å². The summed E-state index contributed by atoms with van der Waals surface area (Å²) in [6.07, 6.45) is 9.04. The van der Waals surface area contributed by atoms with Crippen LogP contribution in [-0.4, -0.2) is 20.8 Å². The molecule has 1 aliphatic carbocycles. The number of hydrazine groups is 2. The Morgan fingerprint density at radius 2 is 1.23 bits per heavy atom. The molecule has 9 heteroatoms.